The molecule has 9 nitrogen and oxygen atoms in total. The molecule has 2 aromatic carbocycles. The second kappa shape index (κ2) is 10.6. The summed E-state index contributed by atoms with van der Waals surface area (Å²) < 4.78 is 3.72. The number of allylic oxidation sites excluding steroid dienone is 1. The SMILES string of the molecule is CCCCc1c(Cc2ccc(-c3ccccc3-c3nnn[nH]3)cc2)c(=O)n2n1C(C)C=CC2C(=O)N(C)C. The fraction of sp³-hybridized carbons (Fsp3) is 0.345. The topological polar surface area (TPSA) is 102 Å². The first-order valence-corrected chi connectivity index (χ1v) is 13.1. The minimum Gasteiger partial charge on any atom is -0.347 e. The average Bonchev–Trinajstić information content (AvgIpc) is 3.56. The highest BCUT2D eigenvalue weighted by Crippen LogP contribution is 2.31. The van der Waals surface area contributed by atoms with Crippen molar-refractivity contribution < 1.29 is 4.79 Å². The fourth-order valence-corrected chi connectivity index (χ4v) is 5.22. The van der Waals surface area contributed by atoms with Crippen LogP contribution in [0.15, 0.2) is 65.5 Å². The van der Waals surface area contributed by atoms with Gasteiger partial charge in [0, 0.05) is 37.3 Å². The highest BCUT2D eigenvalue weighted by molar-refractivity contribution is 5.82. The summed E-state index contributed by atoms with van der Waals surface area (Å²) in [5, 5.41) is 14.3. The molecular weight excluding hydrogens is 478 g/mol. The number of benzene rings is 2. The predicted octanol–water partition coefficient (Wildman–Crippen LogP) is 4.19. The monoisotopic (exact) mass is 511 g/mol. The zero-order valence-corrected chi connectivity index (χ0v) is 22.3. The Bertz CT molecular complexity index is 1510. The first-order valence-electron chi connectivity index (χ1n) is 13.1. The van der Waals surface area contributed by atoms with Crippen molar-refractivity contribution in [2.45, 2.75) is 51.6 Å². The smallest absolute Gasteiger partial charge is 0.271 e. The van der Waals surface area contributed by atoms with E-state index in [0.29, 0.717) is 12.2 Å². The fourth-order valence-electron chi connectivity index (χ4n) is 5.22. The van der Waals surface area contributed by atoms with E-state index in [1.54, 1.807) is 23.7 Å². The Morgan fingerprint density at radius 1 is 1.03 bits per heavy atom. The number of hydrogen-bond acceptors (Lipinski definition) is 5. The largest absolute Gasteiger partial charge is 0.347 e. The van der Waals surface area contributed by atoms with Crippen molar-refractivity contribution in [1.82, 2.24) is 34.9 Å². The number of carbonyl (C=O) groups is 1. The van der Waals surface area contributed by atoms with Crippen LogP contribution in [0.1, 0.15) is 55.6 Å². The number of tetrazole rings is 1. The average molecular weight is 512 g/mol. The van der Waals surface area contributed by atoms with Gasteiger partial charge in [-0.1, -0.05) is 74.0 Å². The van der Waals surface area contributed by atoms with Gasteiger partial charge in [0.2, 0.25) is 0 Å². The number of hydrogen-bond donors (Lipinski definition) is 1. The Labute approximate surface area is 221 Å². The van der Waals surface area contributed by atoms with Gasteiger partial charge in [-0.15, -0.1) is 5.10 Å². The molecule has 3 heterocycles. The minimum atomic E-state index is -0.632. The van der Waals surface area contributed by atoms with E-state index >= 15 is 0 Å². The molecule has 0 saturated carbocycles. The first kappa shape index (κ1) is 25.4. The number of unbranched alkanes of at least 4 members (excludes halogenated alkanes) is 1. The molecule has 0 bridgehead atoms. The van der Waals surface area contributed by atoms with E-state index < -0.39 is 6.04 Å². The van der Waals surface area contributed by atoms with E-state index in [-0.39, 0.29) is 17.5 Å². The second-order valence-electron chi connectivity index (χ2n) is 10.00. The van der Waals surface area contributed by atoms with Crippen LogP contribution in [0.3, 0.4) is 0 Å². The number of aromatic nitrogens is 6. The van der Waals surface area contributed by atoms with Crippen molar-refractivity contribution in [2.24, 2.45) is 0 Å². The zero-order chi connectivity index (χ0) is 26.8. The van der Waals surface area contributed by atoms with E-state index in [0.717, 1.165) is 52.8 Å². The maximum atomic E-state index is 13.9. The number of nitrogens with one attached hydrogen (secondary N) is 1. The lowest BCUT2D eigenvalue weighted by molar-refractivity contribution is -0.131. The van der Waals surface area contributed by atoms with E-state index in [1.165, 1.54) is 0 Å². The summed E-state index contributed by atoms with van der Waals surface area (Å²) in [6.07, 6.45) is 7.20. The van der Waals surface area contributed by atoms with Crippen LogP contribution in [0, 0.1) is 0 Å². The highest BCUT2D eigenvalue weighted by atomic mass is 16.2. The van der Waals surface area contributed by atoms with Crippen molar-refractivity contribution in [3.8, 4) is 22.5 Å². The van der Waals surface area contributed by atoms with Gasteiger partial charge < -0.3 is 4.90 Å². The third-order valence-electron chi connectivity index (χ3n) is 7.18. The van der Waals surface area contributed by atoms with Crippen LogP contribution in [0.5, 0.6) is 0 Å². The Morgan fingerprint density at radius 2 is 1.76 bits per heavy atom. The number of nitrogens with zero attached hydrogens (tertiary/aromatic N) is 6. The molecule has 2 aromatic heterocycles. The summed E-state index contributed by atoms with van der Waals surface area (Å²) in [5.74, 6) is 0.509. The number of fused-ring (bicyclic) bond motifs is 1. The van der Waals surface area contributed by atoms with Gasteiger partial charge >= 0.3 is 0 Å². The summed E-state index contributed by atoms with van der Waals surface area (Å²) in [5.41, 5.74) is 5.73. The zero-order valence-electron chi connectivity index (χ0n) is 22.3. The number of amides is 1. The lowest BCUT2D eigenvalue weighted by atomic mass is 9.96. The van der Waals surface area contributed by atoms with E-state index in [1.807, 2.05) is 36.4 Å². The second-order valence-corrected chi connectivity index (χ2v) is 10.00. The van der Waals surface area contributed by atoms with Gasteiger partial charge in [0.15, 0.2) is 11.9 Å². The molecule has 0 spiro atoms. The van der Waals surface area contributed by atoms with Crippen LogP contribution >= 0.6 is 0 Å². The number of likely N-dealkylation sites (N-methyl/N-ethyl adjacent to an activating group) is 1. The van der Waals surface area contributed by atoms with Gasteiger partial charge in [0.1, 0.15) is 0 Å². The van der Waals surface area contributed by atoms with Gasteiger partial charge in [-0.3, -0.25) is 14.3 Å². The van der Waals surface area contributed by atoms with Crippen molar-refractivity contribution in [2.75, 3.05) is 14.1 Å². The van der Waals surface area contributed by atoms with Crippen LogP contribution in [-0.4, -0.2) is 54.9 Å². The van der Waals surface area contributed by atoms with Gasteiger partial charge in [0.05, 0.1) is 6.04 Å². The van der Waals surface area contributed by atoms with Crippen molar-refractivity contribution >= 4 is 5.91 Å². The Balaban J connectivity index is 1.52. The predicted molar refractivity (Wildman–Crippen MR) is 147 cm³/mol. The number of aromatic amines is 1. The summed E-state index contributed by atoms with van der Waals surface area (Å²) in [7, 11) is 3.45. The molecule has 38 heavy (non-hydrogen) atoms. The van der Waals surface area contributed by atoms with Crippen LogP contribution < -0.4 is 5.56 Å². The van der Waals surface area contributed by atoms with Gasteiger partial charge in [0.25, 0.3) is 11.5 Å². The van der Waals surface area contributed by atoms with Crippen LogP contribution in [0.4, 0.5) is 0 Å². The standard InChI is InChI=1S/C29H33N7O2/c1-5-6-11-25-24(28(37)36-26(29(38)34(3)4)17-12-19(2)35(25)36)18-20-13-15-21(16-14-20)22-9-7-8-10-23(22)27-30-32-33-31-27/h7-10,12-17,19,26H,5-6,11,18H2,1-4H3,(H,30,31,32,33). The van der Waals surface area contributed by atoms with Gasteiger partial charge in [-0.25, -0.2) is 9.78 Å². The maximum absolute atomic E-state index is 13.9. The third kappa shape index (κ3) is 4.60. The molecule has 196 valence electrons. The molecule has 4 aromatic rings. The molecule has 0 fully saturated rings. The Hall–Kier alpha value is -4.27. The number of rotatable bonds is 8. The molecule has 9 heteroatoms. The molecule has 0 saturated heterocycles. The normalized spacial score (nSPS) is 16.4. The van der Waals surface area contributed by atoms with Crippen molar-refractivity contribution in [3.05, 3.63) is 87.9 Å². The Morgan fingerprint density at radius 3 is 2.42 bits per heavy atom. The number of carbonyl (C=O) groups excluding carboxylic acids is 1. The van der Waals surface area contributed by atoms with E-state index in [2.05, 4.69) is 63.4 Å². The third-order valence-corrected chi connectivity index (χ3v) is 7.18. The quantitative estimate of drug-likeness (QED) is 0.358. The molecule has 2 atom stereocenters. The van der Waals surface area contributed by atoms with E-state index in [4.69, 9.17) is 0 Å². The van der Waals surface area contributed by atoms with Crippen LogP contribution in [0.25, 0.3) is 22.5 Å². The molecule has 0 radical (unpaired) electrons. The molecule has 5 rings (SSSR count). The maximum Gasteiger partial charge on any atom is 0.271 e. The molecule has 1 N–H and O–H groups in total. The van der Waals surface area contributed by atoms with E-state index in [9.17, 15) is 9.59 Å². The van der Waals surface area contributed by atoms with Crippen molar-refractivity contribution in [1.29, 1.82) is 0 Å². The lowest BCUT2D eigenvalue weighted by Gasteiger charge is -2.29. The van der Waals surface area contributed by atoms with Crippen LogP contribution in [0.2, 0.25) is 0 Å². The molecule has 1 aliphatic heterocycles. The summed E-state index contributed by atoms with van der Waals surface area (Å²) in [6, 6.07) is 15.6. The summed E-state index contributed by atoms with van der Waals surface area (Å²) >= 11 is 0. The first-order chi connectivity index (χ1) is 18.4. The van der Waals surface area contributed by atoms with Gasteiger partial charge in [-0.2, -0.15) is 0 Å². The van der Waals surface area contributed by atoms with Crippen molar-refractivity contribution in [3.63, 3.8) is 0 Å². The van der Waals surface area contributed by atoms with Crippen LogP contribution in [-0.2, 0) is 17.6 Å². The minimum absolute atomic E-state index is 0.000948. The lowest BCUT2D eigenvalue weighted by Crippen LogP contribution is -2.40. The Kier molecular flexibility index (Phi) is 7.09. The van der Waals surface area contributed by atoms with Gasteiger partial charge in [-0.05, 0) is 46.9 Å². The summed E-state index contributed by atoms with van der Waals surface area (Å²) in [4.78, 5) is 28.4. The number of H-pyrrole nitrogens is 1. The highest BCUT2D eigenvalue weighted by Gasteiger charge is 2.32. The molecule has 0 aliphatic carbocycles. The molecule has 1 amide bonds. The summed E-state index contributed by atoms with van der Waals surface area (Å²) in [6.45, 7) is 4.22. The molecule has 2 unspecified atom stereocenters. The molecule has 1 aliphatic rings. The molecular formula is C29H33N7O2.